The lowest BCUT2D eigenvalue weighted by Crippen LogP contribution is -2.41. The quantitative estimate of drug-likeness (QED) is 0.256. The van der Waals surface area contributed by atoms with E-state index in [0.717, 1.165) is 21.8 Å². The topological polar surface area (TPSA) is 70.6 Å². The summed E-state index contributed by atoms with van der Waals surface area (Å²) >= 11 is 1.15. The average molecular weight is 498 g/mol. The van der Waals surface area contributed by atoms with Crippen molar-refractivity contribution in [1.29, 1.82) is 0 Å². The minimum Gasteiger partial charge on any atom is -0.274 e. The molecule has 5 rings (SSSR count). The van der Waals surface area contributed by atoms with Crippen LogP contribution < -0.4 is 9.80 Å². The Morgan fingerprint density at radius 3 is 2.31 bits per heavy atom. The van der Waals surface area contributed by atoms with Crippen molar-refractivity contribution in [3.63, 3.8) is 0 Å². The summed E-state index contributed by atoms with van der Waals surface area (Å²) in [4.78, 5) is 46.1. The lowest BCUT2D eigenvalue weighted by atomic mass is 9.92. The van der Waals surface area contributed by atoms with Gasteiger partial charge in [0.15, 0.2) is 5.13 Å². The van der Waals surface area contributed by atoms with Gasteiger partial charge in [0.25, 0.3) is 11.8 Å². The maximum absolute atomic E-state index is 14.4. The highest BCUT2D eigenvalue weighted by atomic mass is 32.1. The van der Waals surface area contributed by atoms with Crippen LogP contribution in [0.25, 0.3) is 11.6 Å². The van der Waals surface area contributed by atoms with Crippen LogP contribution in [-0.4, -0.2) is 22.7 Å². The molecule has 0 fully saturated rings. The highest BCUT2D eigenvalue weighted by molar-refractivity contribution is 7.14. The number of rotatable bonds is 4. The first-order valence-electron chi connectivity index (χ1n) is 11.1. The molecule has 0 saturated carbocycles. The van der Waals surface area contributed by atoms with E-state index in [-0.39, 0.29) is 10.8 Å². The van der Waals surface area contributed by atoms with Gasteiger partial charge in [0.05, 0.1) is 22.6 Å². The van der Waals surface area contributed by atoms with Crippen molar-refractivity contribution in [2.24, 2.45) is 0 Å². The first kappa shape index (κ1) is 23.3. The predicted octanol–water partition coefficient (Wildman–Crippen LogP) is 6.00. The first-order chi connectivity index (χ1) is 17.3. The number of aryl methyl sites for hydroxylation is 1. The molecule has 0 atom stereocenters. The van der Waals surface area contributed by atoms with Crippen molar-refractivity contribution in [2.75, 3.05) is 9.80 Å². The molecule has 8 heteroatoms. The van der Waals surface area contributed by atoms with E-state index in [1.54, 1.807) is 60.0 Å². The summed E-state index contributed by atoms with van der Waals surface area (Å²) in [5.74, 6) is -1.83. The van der Waals surface area contributed by atoms with Crippen LogP contribution in [0.1, 0.15) is 34.1 Å². The van der Waals surface area contributed by atoms with E-state index in [9.17, 15) is 18.8 Å². The maximum atomic E-state index is 14.4. The molecule has 3 amide bonds. The molecule has 4 aromatic rings. The number of para-hydroxylation sites is 1. The molecule has 0 bridgehead atoms. The van der Waals surface area contributed by atoms with Crippen LogP contribution in [0.3, 0.4) is 0 Å². The van der Waals surface area contributed by atoms with E-state index in [1.807, 2.05) is 19.1 Å². The van der Waals surface area contributed by atoms with Gasteiger partial charge in [-0.05, 0) is 43.3 Å². The number of amides is 3. The Bertz CT molecular complexity index is 1540. The predicted molar refractivity (Wildman–Crippen MR) is 139 cm³/mol. The van der Waals surface area contributed by atoms with Crippen LogP contribution in [0, 0.1) is 12.7 Å². The summed E-state index contributed by atoms with van der Waals surface area (Å²) in [6, 6.07) is 20.0. The third-order valence-electron chi connectivity index (χ3n) is 5.78. The van der Waals surface area contributed by atoms with Crippen LogP contribution in [-0.2, 0) is 9.59 Å². The normalized spacial score (nSPS) is 14.2. The molecule has 6 nitrogen and oxygen atoms in total. The zero-order valence-electron chi connectivity index (χ0n) is 19.4. The number of anilines is 3. The Hall–Kier alpha value is -4.43. The fraction of sp³-hybridized carbons (Fsp3) is 0.0714. The summed E-state index contributed by atoms with van der Waals surface area (Å²) in [6.45, 7) is 3.26. The number of hydrogen-bond donors (Lipinski definition) is 0. The number of halogens is 1. The highest BCUT2D eigenvalue weighted by Gasteiger charge is 2.36. The molecule has 1 aliphatic rings. The van der Waals surface area contributed by atoms with Crippen molar-refractivity contribution >= 4 is 57.2 Å². The van der Waals surface area contributed by atoms with Crippen LogP contribution in [0.2, 0.25) is 0 Å². The minimum atomic E-state index is -0.550. The first-order valence-corrected chi connectivity index (χ1v) is 12.0. The molecule has 0 unspecified atom stereocenters. The minimum absolute atomic E-state index is 0.0915. The van der Waals surface area contributed by atoms with Crippen molar-refractivity contribution in [3.05, 3.63) is 106 Å². The molecule has 0 spiro atoms. The second-order valence-corrected chi connectivity index (χ2v) is 9.08. The Kier molecular flexibility index (Phi) is 6.03. The second-order valence-electron chi connectivity index (χ2n) is 8.25. The summed E-state index contributed by atoms with van der Waals surface area (Å²) in [5, 5.41) is 1.95. The SMILES string of the molecule is CC(=O)N(c1nc(/C=C2\C(=O)N(c3ccc(C)cc3)C(=O)c3ccccc32)cs1)c1ccccc1F. The number of nitrogens with zero attached hydrogens (tertiary/aromatic N) is 3. The van der Waals surface area contributed by atoms with E-state index in [2.05, 4.69) is 4.98 Å². The highest BCUT2D eigenvalue weighted by Crippen LogP contribution is 2.35. The van der Waals surface area contributed by atoms with Crippen molar-refractivity contribution in [3.8, 4) is 0 Å². The third-order valence-corrected chi connectivity index (χ3v) is 6.62. The number of thiazole rings is 1. The molecular formula is C28H20FN3O3S. The number of fused-ring (bicyclic) bond motifs is 1. The van der Waals surface area contributed by atoms with Crippen LogP contribution >= 0.6 is 11.3 Å². The van der Waals surface area contributed by atoms with Gasteiger partial charge >= 0.3 is 0 Å². The number of aromatic nitrogens is 1. The van der Waals surface area contributed by atoms with E-state index in [4.69, 9.17) is 0 Å². The Morgan fingerprint density at radius 1 is 0.944 bits per heavy atom. The lowest BCUT2D eigenvalue weighted by molar-refractivity contribution is -0.116. The van der Waals surface area contributed by atoms with E-state index < -0.39 is 23.5 Å². The number of benzene rings is 3. The standard InChI is InChI=1S/C28H20FN3O3S/c1-17-11-13-20(14-12-17)32-26(34)22-8-4-3-7-21(22)23(27(32)35)15-19-16-36-28(30-19)31(18(2)33)25-10-6-5-9-24(25)29/h3-16H,1-2H3/b23-15-. The van der Waals surface area contributed by atoms with Gasteiger partial charge in [0.2, 0.25) is 5.91 Å². The lowest BCUT2D eigenvalue weighted by Gasteiger charge is -2.28. The molecule has 1 aromatic heterocycles. The molecule has 2 heterocycles. The van der Waals surface area contributed by atoms with Gasteiger partial charge in [-0.1, -0.05) is 48.0 Å². The largest absolute Gasteiger partial charge is 0.274 e. The van der Waals surface area contributed by atoms with Gasteiger partial charge in [-0.2, -0.15) is 0 Å². The van der Waals surface area contributed by atoms with E-state index in [1.165, 1.54) is 24.0 Å². The Labute approximate surface area is 210 Å². The second kappa shape index (κ2) is 9.31. The van der Waals surface area contributed by atoms with Crippen LogP contribution in [0.5, 0.6) is 0 Å². The number of carbonyl (C=O) groups is 3. The molecule has 1 aliphatic heterocycles. The smallest absolute Gasteiger partial charge is 0.266 e. The van der Waals surface area contributed by atoms with Gasteiger partial charge < -0.3 is 0 Å². The monoisotopic (exact) mass is 497 g/mol. The third kappa shape index (κ3) is 4.12. The summed E-state index contributed by atoms with van der Waals surface area (Å²) in [6.07, 6.45) is 1.59. The van der Waals surface area contributed by atoms with Crippen molar-refractivity contribution in [2.45, 2.75) is 13.8 Å². The Balaban J connectivity index is 1.59. The van der Waals surface area contributed by atoms with Crippen LogP contribution in [0.15, 0.2) is 78.2 Å². The zero-order valence-corrected chi connectivity index (χ0v) is 20.3. The molecular weight excluding hydrogens is 477 g/mol. The molecule has 0 radical (unpaired) electrons. The molecule has 0 N–H and O–H groups in total. The van der Waals surface area contributed by atoms with E-state index >= 15 is 0 Å². The van der Waals surface area contributed by atoms with E-state index in [0.29, 0.717) is 28.1 Å². The number of carbonyl (C=O) groups excluding carboxylic acids is 3. The van der Waals surface area contributed by atoms with Gasteiger partial charge in [-0.3, -0.25) is 19.3 Å². The van der Waals surface area contributed by atoms with Crippen LogP contribution in [0.4, 0.5) is 20.9 Å². The Morgan fingerprint density at radius 2 is 1.61 bits per heavy atom. The molecule has 0 aliphatic carbocycles. The molecule has 0 saturated heterocycles. The maximum Gasteiger partial charge on any atom is 0.266 e. The average Bonchev–Trinajstić information content (AvgIpc) is 3.32. The molecule has 36 heavy (non-hydrogen) atoms. The van der Waals surface area contributed by atoms with Crippen molar-refractivity contribution < 1.29 is 18.8 Å². The summed E-state index contributed by atoms with van der Waals surface area (Å²) < 4.78 is 14.4. The molecule has 178 valence electrons. The van der Waals surface area contributed by atoms with Gasteiger partial charge in [0, 0.05) is 23.4 Å². The summed E-state index contributed by atoms with van der Waals surface area (Å²) in [5.41, 5.74) is 3.17. The van der Waals surface area contributed by atoms with Gasteiger partial charge in [-0.15, -0.1) is 11.3 Å². The fourth-order valence-electron chi connectivity index (χ4n) is 4.05. The summed E-state index contributed by atoms with van der Waals surface area (Å²) in [7, 11) is 0. The molecule has 3 aromatic carbocycles. The van der Waals surface area contributed by atoms with Crippen molar-refractivity contribution in [1.82, 2.24) is 4.98 Å². The zero-order chi connectivity index (χ0) is 25.4. The van der Waals surface area contributed by atoms with Gasteiger partial charge in [-0.25, -0.2) is 14.3 Å². The van der Waals surface area contributed by atoms with Gasteiger partial charge in [0.1, 0.15) is 5.82 Å². The number of hydrogen-bond acceptors (Lipinski definition) is 5. The fourth-order valence-corrected chi connectivity index (χ4v) is 4.89. The number of imide groups is 1.